The minimum Gasteiger partial charge on any atom is -0.477 e. The number of aliphatic carboxylic acids is 1. The van der Waals surface area contributed by atoms with Gasteiger partial charge >= 0.3 is 5.97 Å². The second-order valence-electron chi connectivity index (χ2n) is 17.3. The summed E-state index contributed by atoms with van der Waals surface area (Å²) < 4.78 is 51.0. The number of hydrogen-bond acceptors (Lipinski definition) is 29. The Labute approximate surface area is 395 Å². The third-order valence-corrected chi connectivity index (χ3v) is 12.4. The van der Waals surface area contributed by atoms with Gasteiger partial charge in [-0.25, -0.2) is 4.79 Å². The van der Waals surface area contributed by atoms with Gasteiger partial charge in [-0.1, -0.05) is 0 Å². The lowest BCUT2D eigenvalue weighted by molar-refractivity contribution is -0.394. The SMILES string of the molecule is CC(=O)N[C@H]1[C@@H](O[C@H]2C[C@](O[C@H]3[C@@H](O)[C@@H](CO)O[C@@H](O[C@H]4[C@@H](O)[C@H](O)[C@@H]([C@@H](O)CO)O[C@@H]4O)[C@@H]3O)(C(=O)O)O[C@@H]([C@H](O)[C@H](O)CO)[C@@H]2NC(C)=O)O[C@H](CO)[C@H](O)[C@@H]1O[C@@H]1O[C@H](CO)[C@H](O)[C@H](O)[C@H]1O. The van der Waals surface area contributed by atoms with Gasteiger partial charge in [0.15, 0.2) is 25.2 Å². The first-order chi connectivity index (χ1) is 32.9. The lowest BCUT2D eigenvalue weighted by Crippen LogP contribution is -2.72. The molecule has 70 heavy (non-hydrogen) atoms. The normalized spacial score (nSPS) is 46.1. The van der Waals surface area contributed by atoms with Crippen LogP contribution in [0.2, 0.25) is 0 Å². The molecule has 0 saturated carbocycles. The van der Waals surface area contributed by atoms with Crippen molar-refractivity contribution in [2.24, 2.45) is 0 Å². The van der Waals surface area contributed by atoms with E-state index < -0.39 is 222 Å². The second kappa shape index (κ2) is 24.6. The fourth-order valence-corrected chi connectivity index (χ4v) is 8.73. The van der Waals surface area contributed by atoms with Gasteiger partial charge in [0.2, 0.25) is 11.8 Å². The minimum absolute atomic E-state index is 0.915. The van der Waals surface area contributed by atoms with Crippen molar-refractivity contribution < 1.29 is 149 Å². The Morgan fingerprint density at radius 3 is 1.61 bits per heavy atom. The van der Waals surface area contributed by atoms with Crippen LogP contribution < -0.4 is 10.6 Å². The average Bonchev–Trinajstić information content (AvgIpc) is 3.32. The molecule has 0 aromatic carbocycles. The predicted octanol–water partition coefficient (Wildman–Crippen LogP) is -13.1. The van der Waals surface area contributed by atoms with Gasteiger partial charge in [-0.2, -0.15) is 0 Å². The summed E-state index contributed by atoms with van der Waals surface area (Å²) in [6, 6.07) is -3.73. The maximum Gasteiger partial charge on any atom is 0.364 e. The Morgan fingerprint density at radius 2 is 1.09 bits per heavy atom. The van der Waals surface area contributed by atoms with Gasteiger partial charge in [0.25, 0.3) is 5.79 Å². The summed E-state index contributed by atoms with van der Waals surface area (Å²) in [7, 11) is 0. The number of aliphatic hydroxyl groups excluding tert-OH is 17. The monoisotopic (exact) mass is 1030 g/mol. The Morgan fingerprint density at radius 1 is 0.571 bits per heavy atom. The summed E-state index contributed by atoms with van der Waals surface area (Å²) in [4.78, 5) is 39.1. The second-order valence-corrected chi connectivity index (χ2v) is 17.3. The van der Waals surface area contributed by atoms with Crippen LogP contribution in [0, 0.1) is 0 Å². The molecule has 5 saturated heterocycles. The first-order valence-electron chi connectivity index (χ1n) is 21.8. The fourth-order valence-electron chi connectivity index (χ4n) is 8.73. The standard InChI is InChI=1S/C38H64N2O30/c1-9(46)39-17-13(62-34-18(40-10(2)47)29(21(52)15(7-44)63-34)67-35-26(57)23(54)20(51)14(6-43)64-35)3-38(37(60)61,69-30(17)19(50)11(48)4-41)70-31-22(53)16(8-45)65-36(27(31)58)68-32-25(56)24(55)28(12(49)5-42)66-33(32)59/h11-36,41-45,48-59H,3-8H2,1-2H3,(H,39,46)(H,40,47)(H,60,61)/t11-,12+,13+,14-,15-,16-,17-,18-,19-,20+,21+,22+,23+,24+,25+,26-,27-,28-,29-,30-,31+,32+,33+,34+,35+,36+,38+/m1/s1. The van der Waals surface area contributed by atoms with Gasteiger partial charge in [-0.3, -0.25) is 9.59 Å². The molecule has 27 atom stereocenters. The third kappa shape index (κ3) is 12.3. The predicted molar refractivity (Wildman–Crippen MR) is 213 cm³/mol. The van der Waals surface area contributed by atoms with Crippen molar-refractivity contribution in [2.45, 2.75) is 185 Å². The molecule has 0 aromatic rings. The summed E-state index contributed by atoms with van der Waals surface area (Å²) in [5, 5.41) is 195. The van der Waals surface area contributed by atoms with E-state index >= 15 is 0 Å². The molecule has 5 rings (SSSR count). The summed E-state index contributed by atoms with van der Waals surface area (Å²) in [6.07, 6.45) is -51.1. The van der Waals surface area contributed by atoms with Gasteiger partial charge in [0, 0.05) is 20.3 Å². The van der Waals surface area contributed by atoms with Gasteiger partial charge in [0.05, 0.1) is 45.2 Å². The lowest BCUT2D eigenvalue weighted by Gasteiger charge is -2.52. The van der Waals surface area contributed by atoms with Crippen molar-refractivity contribution in [3.8, 4) is 0 Å². The first-order valence-corrected chi connectivity index (χ1v) is 21.8. The molecule has 0 unspecified atom stereocenters. The molecule has 5 fully saturated rings. The molecule has 20 N–H and O–H groups in total. The zero-order valence-electron chi connectivity index (χ0n) is 37.2. The van der Waals surface area contributed by atoms with Crippen LogP contribution in [-0.2, 0) is 57.0 Å². The minimum atomic E-state index is -3.40. The molecule has 0 aromatic heterocycles. The first kappa shape index (κ1) is 58.3. The Hall–Kier alpha value is -2.63. The van der Waals surface area contributed by atoms with Gasteiger partial charge < -0.3 is 145 Å². The van der Waals surface area contributed by atoms with Crippen molar-refractivity contribution in [3.05, 3.63) is 0 Å². The molecule has 5 heterocycles. The van der Waals surface area contributed by atoms with Crippen molar-refractivity contribution in [2.75, 3.05) is 33.0 Å². The van der Waals surface area contributed by atoms with Crippen molar-refractivity contribution in [1.82, 2.24) is 10.6 Å². The molecule has 2 amide bonds. The van der Waals surface area contributed by atoms with Crippen LogP contribution in [0.25, 0.3) is 0 Å². The fraction of sp³-hybridized carbons (Fsp3) is 0.921. The molecule has 5 aliphatic heterocycles. The molecule has 0 aliphatic carbocycles. The number of carboxylic acid groups (broad SMARTS) is 1. The van der Waals surface area contributed by atoms with E-state index in [0.717, 1.165) is 13.8 Å². The van der Waals surface area contributed by atoms with E-state index in [4.69, 9.17) is 42.6 Å². The maximum atomic E-state index is 13.6. The van der Waals surface area contributed by atoms with Crippen LogP contribution in [0.5, 0.6) is 0 Å². The zero-order chi connectivity index (χ0) is 52.3. The number of carboxylic acids is 1. The number of ether oxygens (including phenoxy) is 9. The quantitative estimate of drug-likeness (QED) is 0.0571. The highest BCUT2D eigenvalue weighted by atomic mass is 16.8. The molecular weight excluding hydrogens is 964 g/mol. The molecule has 406 valence electrons. The molecular formula is C38H64N2O30. The Kier molecular flexibility index (Phi) is 20.5. The smallest absolute Gasteiger partial charge is 0.364 e. The van der Waals surface area contributed by atoms with Gasteiger partial charge in [-0.05, 0) is 0 Å². The van der Waals surface area contributed by atoms with Gasteiger partial charge in [-0.15, -0.1) is 0 Å². The summed E-state index contributed by atoms with van der Waals surface area (Å²) >= 11 is 0. The largest absolute Gasteiger partial charge is 0.477 e. The number of carbonyl (C=O) groups excluding carboxylic acids is 2. The van der Waals surface area contributed by atoms with E-state index in [1.807, 2.05) is 0 Å². The van der Waals surface area contributed by atoms with Crippen molar-refractivity contribution >= 4 is 17.8 Å². The summed E-state index contributed by atoms with van der Waals surface area (Å²) in [5.74, 6) is -7.44. The molecule has 5 aliphatic rings. The van der Waals surface area contributed by atoms with E-state index in [2.05, 4.69) is 10.6 Å². The topological polar surface area (TPSA) is 522 Å². The third-order valence-electron chi connectivity index (χ3n) is 12.4. The molecule has 32 heteroatoms. The van der Waals surface area contributed by atoms with Crippen LogP contribution in [0.3, 0.4) is 0 Å². The van der Waals surface area contributed by atoms with E-state index in [1.54, 1.807) is 0 Å². The van der Waals surface area contributed by atoms with E-state index in [1.165, 1.54) is 0 Å². The van der Waals surface area contributed by atoms with E-state index in [-0.39, 0.29) is 0 Å². The Bertz CT molecular complexity index is 1710. The van der Waals surface area contributed by atoms with Crippen LogP contribution in [0.15, 0.2) is 0 Å². The van der Waals surface area contributed by atoms with Crippen molar-refractivity contribution in [3.63, 3.8) is 0 Å². The highest BCUT2D eigenvalue weighted by Crippen LogP contribution is 2.41. The summed E-state index contributed by atoms with van der Waals surface area (Å²) in [5.41, 5.74) is 0. The van der Waals surface area contributed by atoms with E-state index in [9.17, 15) is 106 Å². The number of carbonyl (C=O) groups is 3. The van der Waals surface area contributed by atoms with Crippen LogP contribution in [-0.4, -0.2) is 308 Å². The number of nitrogens with one attached hydrogen (secondary N) is 2. The number of aliphatic hydroxyl groups is 17. The average molecular weight is 1030 g/mol. The Balaban J connectivity index is 1.56. The number of amides is 2. The molecule has 32 nitrogen and oxygen atoms in total. The molecule has 0 radical (unpaired) electrons. The van der Waals surface area contributed by atoms with Crippen molar-refractivity contribution in [1.29, 1.82) is 0 Å². The highest BCUT2D eigenvalue weighted by Gasteiger charge is 2.62. The lowest BCUT2D eigenvalue weighted by atomic mass is 9.87. The number of hydrogen-bond donors (Lipinski definition) is 20. The maximum absolute atomic E-state index is 13.6. The highest BCUT2D eigenvalue weighted by molar-refractivity contribution is 5.77. The summed E-state index contributed by atoms with van der Waals surface area (Å²) in [6.45, 7) is -3.50. The van der Waals surface area contributed by atoms with E-state index in [0.29, 0.717) is 0 Å². The molecule has 0 bridgehead atoms. The number of rotatable bonds is 19. The van der Waals surface area contributed by atoms with Crippen LogP contribution in [0.4, 0.5) is 0 Å². The zero-order valence-corrected chi connectivity index (χ0v) is 37.2. The van der Waals surface area contributed by atoms with Crippen LogP contribution in [0.1, 0.15) is 20.3 Å². The van der Waals surface area contributed by atoms with Gasteiger partial charge in [0.1, 0.15) is 122 Å². The van der Waals surface area contributed by atoms with Crippen LogP contribution >= 0.6 is 0 Å². The molecule has 0 spiro atoms.